The number of hydrogen-bond donors (Lipinski definition) is 1. The normalized spacial score (nSPS) is 10.8. The van der Waals surface area contributed by atoms with Crippen molar-refractivity contribution in [1.82, 2.24) is 14.3 Å². The monoisotopic (exact) mass is 260 g/mol. The van der Waals surface area contributed by atoms with E-state index in [1.807, 2.05) is 18.2 Å². The van der Waals surface area contributed by atoms with Gasteiger partial charge < -0.3 is 5.73 Å². The van der Waals surface area contributed by atoms with Gasteiger partial charge in [-0.25, -0.2) is 4.98 Å². The van der Waals surface area contributed by atoms with E-state index in [-0.39, 0.29) is 0 Å². The Morgan fingerprint density at radius 3 is 2.94 bits per heavy atom. The Balaban J connectivity index is 2.14. The van der Waals surface area contributed by atoms with E-state index in [9.17, 15) is 0 Å². The van der Waals surface area contributed by atoms with E-state index in [1.54, 1.807) is 30.5 Å². The molecule has 0 aliphatic rings. The molecular formula is C11H8N4S2. The second kappa shape index (κ2) is 4.31. The standard InChI is InChI=1S/C11H8N4S2/c12-9-1-2-10(16-11-14-6-15-17-11)7-3-4-13-5-8(7)9/h1-6H,12H2. The zero-order valence-corrected chi connectivity index (χ0v) is 10.3. The van der Waals surface area contributed by atoms with Gasteiger partial charge in [-0.3, -0.25) is 4.98 Å². The first kappa shape index (κ1) is 10.5. The molecule has 2 aromatic heterocycles. The van der Waals surface area contributed by atoms with Crippen molar-refractivity contribution >= 4 is 39.8 Å². The summed E-state index contributed by atoms with van der Waals surface area (Å²) in [7, 11) is 0. The molecule has 4 nitrogen and oxygen atoms in total. The molecule has 0 saturated heterocycles. The highest BCUT2D eigenvalue weighted by atomic mass is 32.2. The topological polar surface area (TPSA) is 64.7 Å². The lowest BCUT2D eigenvalue weighted by atomic mass is 10.1. The molecule has 0 saturated carbocycles. The highest BCUT2D eigenvalue weighted by molar-refractivity contribution is 8.01. The van der Waals surface area contributed by atoms with E-state index in [0.29, 0.717) is 0 Å². The second-order valence-corrected chi connectivity index (χ2v) is 5.45. The molecule has 0 fully saturated rings. The van der Waals surface area contributed by atoms with Crippen LogP contribution < -0.4 is 5.73 Å². The van der Waals surface area contributed by atoms with Crippen LogP contribution in [0.2, 0.25) is 0 Å². The number of benzene rings is 1. The lowest BCUT2D eigenvalue weighted by molar-refractivity contribution is 1.21. The van der Waals surface area contributed by atoms with E-state index in [1.165, 1.54) is 11.5 Å². The summed E-state index contributed by atoms with van der Waals surface area (Å²) in [6, 6.07) is 5.87. The van der Waals surface area contributed by atoms with Crippen LogP contribution in [0.3, 0.4) is 0 Å². The lowest BCUT2D eigenvalue weighted by Crippen LogP contribution is -1.88. The zero-order valence-electron chi connectivity index (χ0n) is 8.70. The van der Waals surface area contributed by atoms with Crippen LogP contribution in [-0.4, -0.2) is 14.3 Å². The molecule has 0 aliphatic heterocycles. The van der Waals surface area contributed by atoms with Crippen molar-refractivity contribution in [2.45, 2.75) is 9.24 Å². The van der Waals surface area contributed by atoms with Gasteiger partial charge in [-0.15, -0.1) is 0 Å². The van der Waals surface area contributed by atoms with E-state index in [2.05, 4.69) is 14.3 Å². The van der Waals surface area contributed by atoms with Crippen molar-refractivity contribution in [3.8, 4) is 0 Å². The maximum absolute atomic E-state index is 5.92. The lowest BCUT2D eigenvalue weighted by Gasteiger charge is -2.05. The van der Waals surface area contributed by atoms with Crippen molar-refractivity contribution in [2.75, 3.05) is 5.73 Å². The molecule has 2 heterocycles. The Morgan fingerprint density at radius 2 is 2.12 bits per heavy atom. The fourth-order valence-electron chi connectivity index (χ4n) is 1.58. The van der Waals surface area contributed by atoms with Crippen molar-refractivity contribution in [3.05, 3.63) is 36.9 Å². The van der Waals surface area contributed by atoms with Gasteiger partial charge in [0.1, 0.15) is 6.33 Å². The summed E-state index contributed by atoms with van der Waals surface area (Å²) >= 11 is 2.98. The van der Waals surface area contributed by atoms with Crippen LogP contribution in [0.5, 0.6) is 0 Å². The molecular weight excluding hydrogens is 252 g/mol. The number of hydrogen-bond acceptors (Lipinski definition) is 6. The van der Waals surface area contributed by atoms with Crippen LogP contribution in [0.1, 0.15) is 0 Å². The van der Waals surface area contributed by atoms with Crippen molar-refractivity contribution in [1.29, 1.82) is 0 Å². The highest BCUT2D eigenvalue weighted by Gasteiger charge is 2.07. The smallest absolute Gasteiger partial charge is 0.174 e. The molecule has 0 spiro atoms. The number of pyridine rings is 1. The summed E-state index contributed by atoms with van der Waals surface area (Å²) in [6.45, 7) is 0. The van der Waals surface area contributed by atoms with E-state index < -0.39 is 0 Å². The van der Waals surface area contributed by atoms with Gasteiger partial charge in [0.2, 0.25) is 0 Å². The number of nitrogens with zero attached hydrogens (tertiary/aromatic N) is 3. The fourth-order valence-corrected chi connectivity index (χ4v) is 3.11. The first-order valence-electron chi connectivity index (χ1n) is 4.91. The van der Waals surface area contributed by atoms with Gasteiger partial charge in [0.05, 0.1) is 0 Å². The second-order valence-electron chi connectivity index (χ2n) is 3.38. The van der Waals surface area contributed by atoms with Crippen LogP contribution in [-0.2, 0) is 0 Å². The van der Waals surface area contributed by atoms with Crippen LogP contribution in [0, 0.1) is 0 Å². The number of rotatable bonds is 2. The molecule has 17 heavy (non-hydrogen) atoms. The van der Waals surface area contributed by atoms with Crippen LogP contribution in [0.25, 0.3) is 10.8 Å². The average Bonchev–Trinajstić information content (AvgIpc) is 2.86. The van der Waals surface area contributed by atoms with Crippen molar-refractivity contribution in [3.63, 3.8) is 0 Å². The van der Waals surface area contributed by atoms with Gasteiger partial charge in [0.25, 0.3) is 0 Å². The average molecular weight is 260 g/mol. The molecule has 1 aromatic carbocycles. The minimum absolute atomic E-state index is 0.745. The van der Waals surface area contributed by atoms with Gasteiger partial charge in [0.15, 0.2) is 4.34 Å². The quantitative estimate of drug-likeness (QED) is 0.718. The molecule has 3 aromatic rings. The molecule has 0 amide bonds. The van der Waals surface area contributed by atoms with E-state index in [0.717, 1.165) is 25.7 Å². The van der Waals surface area contributed by atoms with E-state index >= 15 is 0 Å². The zero-order chi connectivity index (χ0) is 11.7. The van der Waals surface area contributed by atoms with Gasteiger partial charge in [-0.05, 0) is 29.7 Å². The highest BCUT2D eigenvalue weighted by Crippen LogP contribution is 2.35. The Labute approximate surface area is 106 Å². The van der Waals surface area contributed by atoms with Gasteiger partial charge in [-0.2, -0.15) is 4.37 Å². The predicted octanol–water partition coefficient (Wildman–Crippen LogP) is 2.82. The first-order valence-corrected chi connectivity index (χ1v) is 6.50. The summed E-state index contributed by atoms with van der Waals surface area (Å²) in [5.41, 5.74) is 6.67. The van der Waals surface area contributed by atoms with Gasteiger partial charge in [-0.1, -0.05) is 11.8 Å². The molecule has 6 heteroatoms. The SMILES string of the molecule is Nc1ccc(Sc2ncns2)c2ccncc12. The number of anilines is 1. The molecule has 0 unspecified atom stereocenters. The number of nitrogens with two attached hydrogens (primary N) is 1. The summed E-state index contributed by atoms with van der Waals surface area (Å²) in [6.07, 6.45) is 5.12. The Bertz CT molecular complexity index is 652. The minimum Gasteiger partial charge on any atom is -0.398 e. The number of fused-ring (bicyclic) bond motifs is 1. The summed E-state index contributed by atoms with van der Waals surface area (Å²) in [5.74, 6) is 0. The summed E-state index contributed by atoms with van der Waals surface area (Å²) < 4.78 is 4.91. The fraction of sp³-hybridized carbons (Fsp3) is 0. The molecule has 84 valence electrons. The maximum atomic E-state index is 5.92. The van der Waals surface area contributed by atoms with Crippen molar-refractivity contribution in [2.24, 2.45) is 0 Å². The third-order valence-corrected chi connectivity index (χ3v) is 4.14. The Kier molecular flexibility index (Phi) is 2.66. The Morgan fingerprint density at radius 1 is 1.18 bits per heavy atom. The van der Waals surface area contributed by atoms with Crippen LogP contribution in [0.15, 0.2) is 46.2 Å². The first-order chi connectivity index (χ1) is 8.34. The number of nitrogen functional groups attached to an aromatic ring is 1. The molecule has 0 aliphatic carbocycles. The Hall–Kier alpha value is -1.66. The molecule has 3 rings (SSSR count). The van der Waals surface area contributed by atoms with Crippen molar-refractivity contribution < 1.29 is 0 Å². The number of aromatic nitrogens is 3. The predicted molar refractivity (Wildman–Crippen MR) is 70.2 cm³/mol. The summed E-state index contributed by atoms with van der Waals surface area (Å²) in [4.78, 5) is 9.38. The van der Waals surface area contributed by atoms with Gasteiger partial charge >= 0.3 is 0 Å². The van der Waals surface area contributed by atoms with Crippen LogP contribution >= 0.6 is 23.3 Å². The van der Waals surface area contributed by atoms with Gasteiger partial charge in [0, 0.05) is 33.7 Å². The van der Waals surface area contributed by atoms with Crippen LogP contribution in [0.4, 0.5) is 5.69 Å². The molecule has 2 N–H and O–H groups in total. The molecule has 0 atom stereocenters. The summed E-state index contributed by atoms with van der Waals surface area (Å²) in [5, 5.41) is 2.07. The molecule has 0 bridgehead atoms. The largest absolute Gasteiger partial charge is 0.398 e. The third kappa shape index (κ3) is 1.96. The third-order valence-electron chi connectivity index (χ3n) is 2.35. The minimum atomic E-state index is 0.745. The molecule has 0 radical (unpaired) electrons. The van der Waals surface area contributed by atoms with E-state index in [4.69, 9.17) is 5.73 Å². The maximum Gasteiger partial charge on any atom is 0.174 e.